The first-order valence-electron chi connectivity index (χ1n) is 7.08. The lowest BCUT2D eigenvalue weighted by Gasteiger charge is -2.09. The molecule has 0 fully saturated rings. The summed E-state index contributed by atoms with van der Waals surface area (Å²) in [5.74, 6) is 0.851. The smallest absolute Gasteiger partial charge is 0.263 e. The second-order valence-electron chi connectivity index (χ2n) is 5.50. The number of fused-ring (bicyclic) bond motifs is 1. The van der Waals surface area contributed by atoms with Gasteiger partial charge >= 0.3 is 0 Å². The highest BCUT2D eigenvalue weighted by Crippen LogP contribution is 2.31. The van der Waals surface area contributed by atoms with Crippen LogP contribution < -0.4 is 9.46 Å². The van der Waals surface area contributed by atoms with E-state index in [9.17, 15) is 8.42 Å². The van der Waals surface area contributed by atoms with Gasteiger partial charge in [-0.1, -0.05) is 0 Å². The summed E-state index contributed by atoms with van der Waals surface area (Å²) in [5, 5.41) is 8.96. The number of pyridine rings is 1. The maximum absolute atomic E-state index is 12.5. The standard InChI is InChI=1S/C16H15N3O3S/c1-10-5-12(9-17)7-16(18-10)19-23(20,21)14-3-4-15-13(8-14)6-11(2)22-15/h3-5,7-8,11H,6H2,1-2H3,(H,18,19). The Hall–Kier alpha value is -2.59. The van der Waals surface area contributed by atoms with Crippen LogP contribution in [0.4, 0.5) is 5.82 Å². The van der Waals surface area contributed by atoms with Crippen molar-refractivity contribution in [3.05, 3.63) is 47.2 Å². The van der Waals surface area contributed by atoms with Crippen molar-refractivity contribution < 1.29 is 13.2 Å². The molecular weight excluding hydrogens is 314 g/mol. The van der Waals surface area contributed by atoms with Gasteiger partial charge in [-0.15, -0.1) is 0 Å². The molecule has 2 heterocycles. The van der Waals surface area contributed by atoms with E-state index < -0.39 is 10.0 Å². The molecule has 3 rings (SSSR count). The summed E-state index contributed by atoms with van der Waals surface area (Å²) in [4.78, 5) is 4.26. The van der Waals surface area contributed by atoms with Crippen molar-refractivity contribution in [3.8, 4) is 11.8 Å². The van der Waals surface area contributed by atoms with Crippen LogP contribution in [0.15, 0.2) is 35.2 Å². The van der Waals surface area contributed by atoms with E-state index in [1.807, 2.05) is 13.0 Å². The van der Waals surface area contributed by atoms with Gasteiger partial charge in [0.2, 0.25) is 0 Å². The number of benzene rings is 1. The van der Waals surface area contributed by atoms with Crippen LogP contribution >= 0.6 is 0 Å². The molecule has 0 saturated heterocycles. The molecule has 1 atom stereocenters. The van der Waals surface area contributed by atoms with Crippen molar-refractivity contribution in [3.63, 3.8) is 0 Å². The molecule has 23 heavy (non-hydrogen) atoms. The second kappa shape index (κ2) is 5.56. The number of rotatable bonds is 3. The van der Waals surface area contributed by atoms with Gasteiger partial charge in [0.1, 0.15) is 17.7 Å². The summed E-state index contributed by atoms with van der Waals surface area (Å²) in [7, 11) is -3.77. The predicted molar refractivity (Wildman–Crippen MR) is 84.7 cm³/mol. The highest BCUT2D eigenvalue weighted by molar-refractivity contribution is 7.92. The summed E-state index contributed by atoms with van der Waals surface area (Å²) in [6, 6.07) is 9.75. The molecule has 6 nitrogen and oxygen atoms in total. The maximum atomic E-state index is 12.5. The number of aromatic nitrogens is 1. The lowest BCUT2D eigenvalue weighted by molar-refractivity contribution is 0.254. The molecule has 1 aliphatic rings. The number of sulfonamides is 1. The van der Waals surface area contributed by atoms with Crippen LogP contribution in [-0.4, -0.2) is 19.5 Å². The van der Waals surface area contributed by atoms with Gasteiger partial charge in [0.25, 0.3) is 10.0 Å². The van der Waals surface area contributed by atoms with E-state index in [0.29, 0.717) is 17.7 Å². The van der Waals surface area contributed by atoms with Crippen LogP contribution in [0.2, 0.25) is 0 Å². The van der Waals surface area contributed by atoms with E-state index in [1.54, 1.807) is 25.1 Å². The largest absolute Gasteiger partial charge is 0.490 e. The Labute approximate surface area is 134 Å². The third-order valence-corrected chi connectivity index (χ3v) is 4.85. The second-order valence-corrected chi connectivity index (χ2v) is 7.18. The Kier molecular flexibility index (Phi) is 3.70. The number of nitriles is 1. The van der Waals surface area contributed by atoms with E-state index >= 15 is 0 Å². The molecule has 0 spiro atoms. The zero-order chi connectivity index (χ0) is 16.6. The number of hydrogen-bond acceptors (Lipinski definition) is 5. The minimum Gasteiger partial charge on any atom is -0.490 e. The highest BCUT2D eigenvalue weighted by atomic mass is 32.2. The molecule has 0 radical (unpaired) electrons. The van der Waals surface area contributed by atoms with Gasteiger partial charge in [0.15, 0.2) is 0 Å². The zero-order valence-corrected chi connectivity index (χ0v) is 13.5. The molecule has 1 aliphatic heterocycles. The van der Waals surface area contributed by atoms with Crippen LogP contribution in [0.1, 0.15) is 23.7 Å². The Bertz CT molecular complexity index is 917. The SMILES string of the molecule is Cc1cc(C#N)cc(NS(=O)(=O)c2ccc3c(c2)CC(C)O3)n1. The number of nitrogens with one attached hydrogen (secondary N) is 1. The van der Waals surface area contributed by atoms with Crippen molar-refractivity contribution in [2.45, 2.75) is 31.3 Å². The van der Waals surface area contributed by atoms with Crippen molar-refractivity contribution in [2.75, 3.05) is 4.72 Å². The van der Waals surface area contributed by atoms with Crippen LogP contribution in [0.25, 0.3) is 0 Å². The molecule has 0 amide bonds. The minimum atomic E-state index is -3.77. The molecule has 1 unspecified atom stereocenters. The first-order valence-corrected chi connectivity index (χ1v) is 8.57. The van der Waals surface area contributed by atoms with Crippen LogP contribution in [0.5, 0.6) is 5.75 Å². The Morgan fingerprint density at radius 2 is 2.13 bits per heavy atom. The summed E-state index contributed by atoms with van der Waals surface area (Å²) >= 11 is 0. The Morgan fingerprint density at radius 1 is 1.35 bits per heavy atom. The van der Waals surface area contributed by atoms with Crippen molar-refractivity contribution in [2.24, 2.45) is 0 Å². The first-order chi connectivity index (χ1) is 10.9. The summed E-state index contributed by atoms with van der Waals surface area (Å²) in [6.45, 7) is 3.64. The molecule has 1 N–H and O–H groups in total. The lowest BCUT2D eigenvalue weighted by Crippen LogP contribution is -2.14. The van der Waals surface area contributed by atoms with Gasteiger partial charge < -0.3 is 4.74 Å². The third-order valence-electron chi connectivity index (χ3n) is 3.50. The monoisotopic (exact) mass is 329 g/mol. The van der Waals surface area contributed by atoms with Crippen molar-refractivity contribution >= 4 is 15.8 Å². The molecule has 1 aromatic carbocycles. The lowest BCUT2D eigenvalue weighted by atomic mass is 10.1. The minimum absolute atomic E-state index is 0.0486. The van der Waals surface area contributed by atoms with E-state index in [4.69, 9.17) is 10.00 Å². The van der Waals surface area contributed by atoms with Gasteiger partial charge in [0, 0.05) is 12.1 Å². The van der Waals surface area contributed by atoms with E-state index in [2.05, 4.69) is 9.71 Å². The molecule has 0 aliphatic carbocycles. The fourth-order valence-electron chi connectivity index (χ4n) is 2.55. The molecule has 1 aromatic heterocycles. The predicted octanol–water partition coefficient (Wildman–Crippen LogP) is 2.39. The Balaban J connectivity index is 1.93. The van der Waals surface area contributed by atoms with Crippen LogP contribution in [0, 0.1) is 18.3 Å². The van der Waals surface area contributed by atoms with Gasteiger partial charge in [-0.2, -0.15) is 5.26 Å². The van der Waals surface area contributed by atoms with Gasteiger partial charge in [0.05, 0.1) is 16.5 Å². The average Bonchev–Trinajstić information content (AvgIpc) is 2.85. The number of ether oxygens (including phenoxy) is 1. The fraction of sp³-hybridized carbons (Fsp3) is 0.250. The number of hydrogen-bond donors (Lipinski definition) is 1. The summed E-state index contributed by atoms with van der Waals surface area (Å²) in [5.41, 5.74) is 1.79. The number of aryl methyl sites for hydroxylation is 1. The van der Waals surface area contributed by atoms with E-state index in [0.717, 1.165) is 11.3 Å². The normalized spacial score (nSPS) is 16.3. The molecular formula is C16H15N3O3S. The maximum Gasteiger partial charge on any atom is 0.263 e. The fourth-order valence-corrected chi connectivity index (χ4v) is 3.59. The Morgan fingerprint density at radius 3 is 2.87 bits per heavy atom. The summed E-state index contributed by atoms with van der Waals surface area (Å²) in [6.07, 6.45) is 0.729. The number of anilines is 1. The van der Waals surface area contributed by atoms with Gasteiger partial charge in [-0.3, -0.25) is 4.72 Å². The molecule has 0 saturated carbocycles. The average molecular weight is 329 g/mol. The van der Waals surface area contributed by atoms with E-state index in [-0.39, 0.29) is 16.8 Å². The molecule has 0 bridgehead atoms. The van der Waals surface area contributed by atoms with Crippen molar-refractivity contribution in [1.29, 1.82) is 5.26 Å². The molecule has 2 aromatic rings. The summed E-state index contributed by atoms with van der Waals surface area (Å²) < 4.78 is 33.0. The first kappa shape index (κ1) is 15.3. The van der Waals surface area contributed by atoms with Crippen LogP contribution in [0.3, 0.4) is 0 Å². The molecule has 7 heteroatoms. The van der Waals surface area contributed by atoms with E-state index in [1.165, 1.54) is 12.1 Å². The van der Waals surface area contributed by atoms with Gasteiger partial charge in [-0.05, 0) is 49.7 Å². The third kappa shape index (κ3) is 3.12. The van der Waals surface area contributed by atoms with Crippen LogP contribution in [-0.2, 0) is 16.4 Å². The number of nitrogens with zero attached hydrogens (tertiary/aromatic N) is 2. The van der Waals surface area contributed by atoms with Gasteiger partial charge in [-0.25, -0.2) is 13.4 Å². The quantitative estimate of drug-likeness (QED) is 0.933. The topological polar surface area (TPSA) is 92.1 Å². The molecule has 118 valence electrons. The highest BCUT2D eigenvalue weighted by Gasteiger charge is 2.23. The van der Waals surface area contributed by atoms with Crippen molar-refractivity contribution in [1.82, 2.24) is 4.98 Å². The zero-order valence-electron chi connectivity index (χ0n) is 12.7.